The van der Waals surface area contributed by atoms with Gasteiger partial charge in [0.25, 0.3) is 5.91 Å². The van der Waals surface area contributed by atoms with Crippen molar-refractivity contribution in [2.24, 2.45) is 0 Å². The minimum atomic E-state index is -0.0987. The molecule has 4 nitrogen and oxygen atoms in total. The summed E-state index contributed by atoms with van der Waals surface area (Å²) in [7, 11) is 0. The molecule has 1 aliphatic heterocycles. The average molecular weight is 310 g/mol. The van der Waals surface area contributed by atoms with E-state index in [-0.39, 0.29) is 17.5 Å². The Labute approximate surface area is 131 Å². The molecule has 0 atom stereocenters. The van der Waals surface area contributed by atoms with Crippen LogP contribution in [0.4, 0.5) is 5.69 Å². The van der Waals surface area contributed by atoms with Gasteiger partial charge < -0.3 is 11.1 Å². The number of nitrogens with two attached hydrogens (primary N) is 1. The third kappa shape index (κ3) is 4.35. The Morgan fingerprint density at radius 2 is 1.90 bits per heavy atom. The lowest BCUT2D eigenvalue weighted by molar-refractivity contribution is 0.0812. The number of piperidine rings is 1. The van der Waals surface area contributed by atoms with E-state index in [1.807, 2.05) is 0 Å². The van der Waals surface area contributed by atoms with Crippen molar-refractivity contribution in [1.29, 1.82) is 0 Å². The maximum absolute atomic E-state index is 12.3. The Morgan fingerprint density at radius 3 is 2.43 bits per heavy atom. The average Bonchev–Trinajstić information content (AvgIpc) is 2.37. The predicted octanol–water partition coefficient (Wildman–Crippen LogP) is 2.91. The van der Waals surface area contributed by atoms with Crippen molar-refractivity contribution < 1.29 is 4.79 Å². The van der Waals surface area contributed by atoms with Crippen molar-refractivity contribution in [3.63, 3.8) is 0 Å². The molecular formula is C16H24ClN3O. The van der Waals surface area contributed by atoms with Gasteiger partial charge in [0.1, 0.15) is 0 Å². The number of anilines is 1. The van der Waals surface area contributed by atoms with Gasteiger partial charge in [-0.3, -0.25) is 9.69 Å². The van der Waals surface area contributed by atoms with E-state index in [4.69, 9.17) is 17.3 Å². The monoisotopic (exact) mass is 309 g/mol. The summed E-state index contributed by atoms with van der Waals surface area (Å²) in [6, 6.07) is 5.17. The normalized spacial score (nSPS) is 17.7. The van der Waals surface area contributed by atoms with E-state index in [2.05, 4.69) is 31.0 Å². The number of carbonyl (C=O) groups is 1. The summed E-state index contributed by atoms with van der Waals surface area (Å²) in [5, 5.41) is 3.57. The summed E-state index contributed by atoms with van der Waals surface area (Å²) >= 11 is 5.94. The summed E-state index contributed by atoms with van der Waals surface area (Å²) in [6.45, 7) is 8.68. The predicted molar refractivity (Wildman–Crippen MR) is 87.7 cm³/mol. The Balaban J connectivity index is 1.93. The minimum Gasteiger partial charge on any atom is -0.399 e. The highest BCUT2D eigenvalue weighted by Crippen LogP contribution is 2.21. The standard InChI is InChI=1S/C16H24ClN3O/c1-16(2,3)20-6-4-14(5-7-20)19-15(21)11-8-12(17)10-13(18)9-11/h8-10,14H,4-7,18H2,1-3H3,(H,19,21). The van der Waals surface area contributed by atoms with Gasteiger partial charge in [0.05, 0.1) is 0 Å². The van der Waals surface area contributed by atoms with Gasteiger partial charge in [0, 0.05) is 40.9 Å². The number of nitrogens with one attached hydrogen (secondary N) is 1. The van der Waals surface area contributed by atoms with Gasteiger partial charge in [-0.25, -0.2) is 0 Å². The molecule has 5 heteroatoms. The number of halogens is 1. The van der Waals surface area contributed by atoms with Crippen LogP contribution < -0.4 is 11.1 Å². The highest BCUT2D eigenvalue weighted by molar-refractivity contribution is 6.31. The number of hydrogen-bond acceptors (Lipinski definition) is 3. The highest BCUT2D eigenvalue weighted by atomic mass is 35.5. The van der Waals surface area contributed by atoms with Crippen LogP contribution in [0.5, 0.6) is 0 Å². The van der Waals surface area contributed by atoms with Crippen LogP contribution in [-0.2, 0) is 0 Å². The molecule has 21 heavy (non-hydrogen) atoms. The summed E-state index contributed by atoms with van der Waals surface area (Å²) in [6.07, 6.45) is 1.94. The van der Waals surface area contributed by atoms with Crippen LogP contribution in [-0.4, -0.2) is 35.5 Å². The van der Waals surface area contributed by atoms with Gasteiger partial charge in [-0.05, 0) is 51.8 Å². The van der Waals surface area contributed by atoms with E-state index in [1.165, 1.54) is 0 Å². The van der Waals surface area contributed by atoms with Crippen molar-refractivity contribution in [3.05, 3.63) is 28.8 Å². The Hall–Kier alpha value is -1.26. The maximum Gasteiger partial charge on any atom is 0.251 e. The van der Waals surface area contributed by atoms with E-state index in [0.717, 1.165) is 25.9 Å². The van der Waals surface area contributed by atoms with E-state index < -0.39 is 0 Å². The molecule has 1 amide bonds. The third-order valence-corrected chi connectivity index (χ3v) is 4.18. The van der Waals surface area contributed by atoms with E-state index in [9.17, 15) is 4.79 Å². The van der Waals surface area contributed by atoms with E-state index >= 15 is 0 Å². The van der Waals surface area contributed by atoms with Crippen molar-refractivity contribution >= 4 is 23.2 Å². The fourth-order valence-electron chi connectivity index (χ4n) is 2.71. The zero-order valence-electron chi connectivity index (χ0n) is 12.9. The summed E-state index contributed by atoms with van der Waals surface area (Å²) in [5.41, 5.74) is 6.95. The number of benzene rings is 1. The summed E-state index contributed by atoms with van der Waals surface area (Å²) < 4.78 is 0. The molecule has 1 saturated heterocycles. The minimum absolute atomic E-state index is 0.0987. The van der Waals surface area contributed by atoms with Crippen LogP contribution in [0.15, 0.2) is 18.2 Å². The first-order chi connectivity index (χ1) is 9.75. The zero-order chi connectivity index (χ0) is 15.6. The van der Waals surface area contributed by atoms with Gasteiger partial charge in [0.15, 0.2) is 0 Å². The smallest absolute Gasteiger partial charge is 0.251 e. The number of amides is 1. The van der Waals surface area contributed by atoms with Gasteiger partial charge in [0.2, 0.25) is 0 Å². The quantitative estimate of drug-likeness (QED) is 0.826. The largest absolute Gasteiger partial charge is 0.399 e. The lowest BCUT2D eigenvalue weighted by atomic mass is 9.98. The molecule has 0 radical (unpaired) electrons. The fraction of sp³-hybridized carbons (Fsp3) is 0.562. The molecule has 0 aromatic heterocycles. The van der Waals surface area contributed by atoms with Gasteiger partial charge in [-0.15, -0.1) is 0 Å². The number of likely N-dealkylation sites (tertiary alicyclic amines) is 1. The SMILES string of the molecule is CC(C)(C)N1CCC(NC(=O)c2cc(N)cc(Cl)c2)CC1. The second-order valence-corrected chi connectivity index (χ2v) is 7.12. The Bertz CT molecular complexity index is 496. The third-order valence-electron chi connectivity index (χ3n) is 3.96. The number of carbonyl (C=O) groups excluding carboxylic acids is 1. The Kier molecular flexibility index (Phi) is 4.79. The lowest BCUT2D eigenvalue weighted by Crippen LogP contribution is -2.50. The number of nitrogen functional groups attached to an aromatic ring is 1. The van der Waals surface area contributed by atoms with Crippen molar-refractivity contribution in [2.75, 3.05) is 18.8 Å². The van der Waals surface area contributed by atoms with Crippen LogP contribution in [0.2, 0.25) is 5.02 Å². The summed E-state index contributed by atoms with van der Waals surface area (Å²) in [5.74, 6) is -0.0987. The summed E-state index contributed by atoms with van der Waals surface area (Å²) in [4.78, 5) is 14.7. The molecule has 116 valence electrons. The first kappa shape index (κ1) is 16.1. The number of nitrogens with zero attached hydrogens (tertiary/aromatic N) is 1. The first-order valence-electron chi connectivity index (χ1n) is 7.38. The molecule has 1 aliphatic rings. The molecule has 0 spiro atoms. The van der Waals surface area contributed by atoms with Crippen LogP contribution in [0.25, 0.3) is 0 Å². The molecular weight excluding hydrogens is 286 g/mol. The van der Waals surface area contributed by atoms with Crippen LogP contribution >= 0.6 is 11.6 Å². The van der Waals surface area contributed by atoms with Crippen molar-refractivity contribution in [1.82, 2.24) is 10.2 Å². The fourth-order valence-corrected chi connectivity index (χ4v) is 2.95. The second-order valence-electron chi connectivity index (χ2n) is 6.68. The molecule has 1 fully saturated rings. The van der Waals surface area contributed by atoms with Crippen LogP contribution in [0.3, 0.4) is 0 Å². The highest BCUT2D eigenvalue weighted by Gasteiger charge is 2.27. The number of rotatable bonds is 2. The Morgan fingerprint density at radius 1 is 1.29 bits per heavy atom. The first-order valence-corrected chi connectivity index (χ1v) is 7.75. The molecule has 0 unspecified atom stereocenters. The topological polar surface area (TPSA) is 58.4 Å². The van der Waals surface area contributed by atoms with Gasteiger partial charge in [-0.1, -0.05) is 11.6 Å². The van der Waals surface area contributed by atoms with E-state index in [1.54, 1.807) is 18.2 Å². The van der Waals surface area contributed by atoms with E-state index in [0.29, 0.717) is 16.3 Å². The number of hydrogen-bond donors (Lipinski definition) is 2. The maximum atomic E-state index is 12.3. The van der Waals surface area contributed by atoms with Gasteiger partial charge >= 0.3 is 0 Å². The molecule has 3 N–H and O–H groups in total. The zero-order valence-corrected chi connectivity index (χ0v) is 13.7. The molecule has 0 aliphatic carbocycles. The molecule has 1 heterocycles. The second kappa shape index (κ2) is 6.24. The molecule has 0 saturated carbocycles. The van der Waals surface area contributed by atoms with Crippen molar-refractivity contribution in [2.45, 2.75) is 45.2 Å². The lowest BCUT2D eigenvalue weighted by Gasteiger charge is -2.41. The van der Waals surface area contributed by atoms with Crippen LogP contribution in [0, 0.1) is 0 Å². The molecule has 2 rings (SSSR count). The van der Waals surface area contributed by atoms with Gasteiger partial charge in [-0.2, -0.15) is 0 Å². The van der Waals surface area contributed by atoms with Crippen molar-refractivity contribution in [3.8, 4) is 0 Å². The molecule has 1 aromatic carbocycles. The molecule has 0 bridgehead atoms. The van der Waals surface area contributed by atoms with Crippen LogP contribution in [0.1, 0.15) is 44.0 Å². The molecule has 1 aromatic rings.